The smallest absolute Gasteiger partial charge is 0.321 e. The van der Waals surface area contributed by atoms with Crippen molar-refractivity contribution in [3.05, 3.63) is 78.1 Å². The fourth-order valence-corrected chi connectivity index (χ4v) is 5.13. The zero-order valence-electron chi connectivity index (χ0n) is 23.8. The van der Waals surface area contributed by atoms with Gasteiger partial charge in [-0.25, -0.2) is 9.67 Å². The van der Waals surface area contributed by atoms with Crippen molar-refractivity contribution in [1.82, 2.24) is 25.4 Å². The van der Waals surface area contributed by atoms with E-state index in [9.17, 15) is 23.5 Å². The zero-order valence-corrected chi connectivity index (χ0v) is 23.8. The fourth-order valence-electron chi connectivity index (χ4n) is 5.13. The second-order valence-electron chi connectivity index (χ2n) is 10.6. The fraction of sp³-hybridized carbons (Fsp3) is 0.355. The lowest BCUT2D eigenvalue weighted by atomic mass is 10.0. The molecule has 12 heteroatoms. The van der Waals surface area contributed by atoms with Gasteiger partial charge in [0.25, 0.3) is 11.8 Å². The Bertz CT molecular complexity index is 1580. The Labute approximate surface area is 247 Å². The molecule has 226 valence electrons. The first-order chi connectivity index (χ1) is 20.7. The number of rotatable bonds is 11. The number of nitrogens with zero attached hydrogens (tertiary/aromatic N) is 3. The number of ether oxygens (including phenoxy) is 2. The molecule has 10 nitrogen and oxygen atoms in total. The van der Waals surface area contributed by atoms with E-state index in [-0.39, 0.29) is 11.9 Å². The quantitative estimate of drug-likeness (QED) is 0.236. The first-order valence-corrected chi connectivity index (χ1v) is 14.0. The van der Waals surface area contributed by atoms with Gasteiger partial charge in [-0.05, 0) is 55.3 Å². The number of aromatic nitrogens is 3. The lowest BCUT2D eigenvalue weighted by Gasteiger charge is -2.28. The number of hydrogen-bond acceptors (Lipinski definition) is 7. The van der Waals surface area contributed by atoms with Gasteiger partial charge in [-0.15, -0.1) is 0 Å². The number of benzene rings is 2. The van der Waals surface area contributed by atoms with E-state index in [1.54, 1.807) is 59.4 Å². The first-order valence-electron chi connectivity index (χ1n) is 14.0. The van der Waals surface area contributed by atoms with Crippen LogP contribution >= 0.6 is 0 Å². The highest BCUT2D eigenvalue weighted by Crippen LogP contribution is 2.30. The molecule has 2 heterocycles. The lowest BCUT2D eigenvalue weighted by molar-refractivity contribution is -0.145. The molecule has 0 radical (unpaired) electrons. The van der Waals surface area contributed by atoms with E-state index in [1.165, 1.54) is 13.3 Å². The largest absolute Gasteiger partial charge is 0.483 e. The molecule has 2 atom stereocenters. The maximum atomic E-state index is 13.7. The summed E-state index contributed by atoms with van der Waals surface area (Å²) in [7, 11) is 1.45. The summed E-state index contributed by atoms with van der Waals surface area (Å²) in [5.74, 6) is -4.66. The van der Waals surface area contributed by atoms with Crippen molar-refractivity contribution in [3.8, 4) is 17.3 Å². The van der Waals surface area contributed by atoms with Gasteiger partial charge in [0.15, 0.2) is 0 Å². The van der Waals surface area contributed by atoms with Crippen LogP contribution < -0.4 is 20.1 Å². The SMILES string of the molecule is COc1ccc([C@@H](Oc2ccc3c(cnn3-c3cccc(C(=O)NC4CCCC4)c3)c2)[C@H](CO)NC(=O)C(C)(F)F)cn1. The van der Waals surface area contributed by atoms with Crippen LogP contribution in [-0.2, 0) is 4.79 Å². The van der Waals surface area contributed by atoms with Gasteiger partial charge in [-0.1, -0.05) is 18.9 Å². The number of pyridine rings is 1. The second kappa shape index (κ2) is 12.7. The van der Waals surface area contributed by atoms with Crippen LogP contribution in [-0.4, -0.2) is 63.4 Å². The van der Waals surface area contributed by atoms with Crippen LogP contribution in [0.5, 0.6) is 11.6 Å². The lowest BCUT2D eigenvalue weighted by Crippen LogP contribution is -2.49. The van der Waals surface area contributed by atoms with E-state index in [0.29, 0.717) is 40.8 Å². The van der Waals surface area contributed by atoms with Crippen molar-refractivity contribution in [1.29, 1.82) is 0 Å². The van der Waals surface area contributed by atoms with Crippen LogP contribution in [0.4, 0.5) is 8.78 Å². The summed E-state index contributed by atoms with van der Waals surface area (Å²) in [5.41, 5.74) is 2.40. The first kappa shape index (κ1) is 29.9. The highest BCUT2D eigenvalue weighted by molar-refractivity contribution is 5.95. The number of hydrogen-bond donors (Lipinski definition) is 3. The predicted octanol–water partition coefficient (Wildman–Crippen LogP) is 4.35. The Morgan fingerprint density at radius 2 is 1.91 bits per heavy atom. The van der Waals surface area contributed by atoms with E-state index in [0.717, 1.165) is 31.2 Å². The van der Waals surface area contributed by atoms with Gasteiger partial charge >= 0.3 is 5.92 Å². The van der Waals surface area contributed by atoms with Crippen LogP contribution in [0.15, 0.2) is 67.0 Å². The number of fused-ring (bicyclic) bond motifs is 1. The molecule has 3 N–H and O–H groups in total. The van der Waals surface area contributed by atoms with Crippen LogP contribution in [0.1, 0.15) is 54.6 Å². The van der Waals surface area contributed by atoms with Crippen molar-refractivity contribution >= 4 is 22.7 Å². The number of methoxy groups -OCH3 is 1. The highest BCUT2D eigenvalue weighted by Gasteiger charge is 2.36. The van der Waals surface area contributed by atoms with Gasteiger partial charge < -0.3 is 25.2 Å². The van der Waals surface area contributed by atoms with Gasteiger partial charge in [0.1, 0.15) is 11.9 Å². The van der Waals surface area contributed by atoms with Crippen molar-refractivity contribution in [2.24, 2.45) is 0 Å². The van der Waals surface area contributed by atoms with E-state index in [1.807, 2.05) is 6.07 Å². The summed E-state index contributed by atoms with van der Waals surface area (Å²) in [6, 6.07) is 14.5. The molecule has 0 spiro atoms. The molecule has 1 aliphatic rings. The molecule has 1 fully saturated rings. The molecule has 0 bridgehead atoms. The minimum absolute atomic E-state index is 0.119. The van der Waals surface area contributed by atoms with Gasteiger partial charge in [-0.3, -0.25) is 9.59 Å². The molecule has 0 aliphatic heterocycles. The Kier molecular flexibility index (Phi) is 8.86. The Hall–Kier alpha value is -4.58. The van der Waals surface area contributed by atoms with Gasteiger partial charge in [0.05, 0.1) is 37.2 Å². The molecule has 0 saturated heterocycles. The average Bonchev–Trinajstić information content (AvgIpc) is 3.68. The predicted molar refractivity (Wildman–Crippen MR) is 155 cm³/mol. The molecule has 2 aromatic heterocycles. The van der Waals surface area contributed by atoms with Gasteiger partial charge in [0, 0.05) is 41.7 Å². The summed E-state index contributed by atoms with van der Waals surface area (Å²) in [6.07, 6.45) is 6.22. The van der Waals surface area contributed by atoms with Gasteiger partial charge in [0.2, 0.25) is 5.88 Å². The topological polar surface area (TPSA) is 128 Å². The maximum Gasteiger partial charge on any atom is 0.321 e. The molecule has 4 aromatic rings. The van der Waals surface area contributed by atoms with E-state index in [2.05, 4.69) is 20.7 Å². The van der Waals surface area contributed by atoms with E-state index >= 15 is 0 Å². The number of nitrogens with one attached hydrogen (secondary N) is 2. The highest BCUT2D eigenvalue weighted by atomic mass is 19.3. The van der Waals surface area contributed by atoms with Crippen LogP contribution in [0.2, 0.25) is 0 Å². The molecule has 1 saturated carbocycles. The number of carbonyl (C=O) groups is 2. The standard InChI is InChI=1S/C31H33F2N5O5/c1-31(32,33)30(41)37-25(18-39)28(20-10-13-27(42-2)34-16-20)43-24-11-12-26-21(15-24)17-35-38(26)23-9-5-6-19(14-23)29(40)36-22-7-3-4-8-22/h5-6,9-17,22,25,28,39H,3-4,7-8,18H2,1-2H3,(H,36,40)(H,37,41)/t25-,28+/m0/s1. The van der Waals surface area contributed by atoms with Crippen molar-refractivity contribution in [2.75, 3.05) is 13.7 Å². The average molecular weight is 594 g/mol. The van der Waals surface area contributed by atoms with Crippen molar-refractivity contribution < 1.29 is 33.0 Å². The summed E-state index contributed by atoms with van der Waals surface area (Å²) in [6.45, 7) is -0.200. The molecule has 43 heavy (non-hydrogen) atoms. The third kappa shape index (κ3) is 6.91. The molecule has 1 aliphatic carbocycles. The summed E-state index contributed by atoms with van der Waals surface area (Å²) < 4.78 is 40.4. The summed E-state index contributed by atoms with van der Waals surface area (Å²) in [5, 5.41) is 20.6. The van der Waals surface area contributed by atoms with Gasteiger partial charge in [-0.2, -0.15) is 13.9 Å². The molecular weight excluding hydrogens is 560 g/mol. The Balaban J connectivity index is 1.41. The van der Waals surface area contributed by atoms with E-state index in [4.69, 9.17) is 9.47 Å². The summed E-state index contributed by atoms with van der Waals surface area (Å²) in [4.78, 5) is 29.1. The van der Waals surface area contributed by atoms with E-state index < -0.39 is 30.6 Å². The van der Waals surface area contributed by atoms with Crippen molar-refractivity contribution in [3.63, 3.8) is 0 Å². The minimum atomic E-state index is -3.65. The minimum Gasteiger partial charge on any atom is -0.483 e. The number of amides is 2. The normalized spacial score (nSPS) is 15.2. The third-order valence-corrected chi connectivity index (χ3v) is 7.42. The van der Waals surface area contributed by atoms with Crippen molar-refractivity contribution in [2.45, 2.75) is 56.7 Å². The molecule has 0 unspecified atom stereocenters. The molecular formula is C31H33F2N5O5. The maximum absolute atomic E-state index is 13.7. The number of aliphatic hydroxyl groups excluding tert-OH is 1. The van der Waals surface area contributed by atoms with Crippen LogP contribution in [0, 0.1) is 0 Å². The van der Waals surface area contributed by atoms with Crippen LogP contribution in [0.25, 0.3) is 16.6 Å². The summed E-state index contributed by atoms with van der Waals surface area (Å²) >= 11 is 0. The number of halogens is 2. The Morgan fingerprint density at radius 3 is 2.58 bits per heavy atom. The molecule has 2 amide bonds. The number of carbonyl (C=O) groups excluding carboxylic acids is 2. The number of aliphatic hydroxyl groups is 1. The zero-order chi connectivity index (χ0) is 30.6. The third-order valence-electron chi connectivity index (χ3n) is 7.42. The van der Waals surface area contributed by atoms with Crippen LogP contribution in [0.3, 0.4) is 0 Å². The second-order valence-corrected chi connectivity index (χ2v) is 10.6. The monoisotopic (exact) mass is 593 g/mol. The molecule has 2 aromatic carbocycles. The molecule has 5 rings (SSSR count). The Morgan fingerprint density at radius 1 is 1.12 bits per heavy atom. The number of alkyl halides is 2.